The van der Waals surface area contributed by atoms with Gasteiger partial charge in [-0.2, -0.15) is 0 Å². The number of carbonyl (C=O) groups is 1. The lowest BCUT2D eigenvalue weighted by Crippen LogP contribution is -2.35. The van der Waals surface area contributed by atoms with Crippen molar-refractivity contribution in [1.29, 1.82) is 0 Å². The van der Waals surface area contributed by atoms with Crippen LogP contribution >= 0.6 is 0 Å². The van der Waals surface area contributed by atoms with Gasteiger partial charge >= 0.3 is 5.97 Å². The molecule has 0 spiro atoms. The molecule has 0 aliphatic rings. The minimum atomic E-state index is -0.00905. The number of hydrogen-bond donors (Lipinski definition) is 0. The Morgan fingerprint density at radius 2 is 1.67 bits per heavy atom. The van der Waals surface area contributed by atoms with Crippen LogP contribution in [0.1, 0.15) is 74.1 Å². The predicted molar refractivity (Wildman–Crippen MR) is 77.5 cm³/mol. The van der Waals surface area contributed by atoms with Crippen LogP contribution in [0.5, 0.6) is 0 Å². The van der Waals surface area contributed by atoms with Crippen molar-refractivity contribution < 1.29 is 9.53 Å². The second kappa shape index (κ2) is 7.16. The van der Waals surface area contributed by atoms with E-state index < -0.39 is 0 Å². The number of esters is 1. The smallest absolute Gasteiger partial charge is 0.309 e. The van der Waals surface area contributed by atoms with Crippen molar-refractivity contribution in [2.45, 2.75) is 74.1 Å². The number of rotatable bonds is 7. The van der Waals surface area contributed by atoms with Crippen LogP contribution in [0.15, 0.2) is 0 Å². The summed E-state index contributed by atoms with van der Waals surface area (Å²) in [5, 5.41) is 0. The van der Waals surface area contributed by atoms with Gasteiger partial charge in [-0.1, -0.05) is 61.3 Å². The number of unbranched alkanes of at least 4 members (excludes halogenated alkanes) is 1. The van der Waals surface area contributed by atoms with Gasteiger partial charge in [-0.05, 0) is 23.7 Å². The van der Waals surface area contributed by atoms with Crippen LogP contribution in [0, 0.1) is 16.7 Å². The highest BCUT2D eigenvalue weighted by Gasteiger charge is 2.37. The van der Waals surface area contributed by atoms with Crippen LogP contribution in [-0.2, 0) is 9.53 Å². The molecule has 0 aromatic rings. The minimum absolute atomic E-state index is 0.000596. The second-order valence-corrected chi connectivity index (χ2v) is 7.18. The van der Waals surface area contributed by atoms with Crippen molar-refractivity contribution in [1.82, 2.24) is 0 Å². The summed E-state index contributed by atoms with van der Waals surface area (Å²) in [4.78, 5) is 12.3. The van der Waals surface area contributed by atoms with E-state index >= 15 is 0 Å². The standard InChI is InChI=1S/C16H32O2/c1-8-10-11-18-14(17)13(12-15(3,4)5)16(6,7)9-2/h13H,8-12H2,1-7H3. The van der Waals surface area contributed by atoms with Gasteiger partial charge in [-0.3, -0.25) is 4.79 Å². The summed E-state index contributed by atoms with van der Waals surface area (Å²) in [6.45, 7) is 15.7. The molecule has 0 aliphatic carbocycles. The Hall–Kier alpha value is -0.530. The van der Waals surface area contributed by atoms with E-state index in [0.29, 0.717) is 6.61 Å². The Bertz CT molecular complexity index is 248. The first-order valence-electron chi connectivity index (χ1n) is 7.30. The zero-order valence-electron chi connectivity index (χ0n) is 13.4. The van der Waals surface area contributed by atoms with Gasteiger partial charge in [-0.25, -0.2) is 0 Å². The van der Waals surface area contributed by atoms with Gasteiger partial charge in [-0.15, -0.1) is 0 Å². The zero-order valence-corrected chi connectivity index (χ0v) is 13.4. The molecule has 0 aromatic carbocycles. The predicted octanol–water partition coefficient (Wildman–Crippen LogP) is 4.82. The number of ether oxygens (including phenoxy) is 1. The summed E-state index contributed by atoms with van der Waals surface area (Å²) < 4.78 is 5.44. The first-order valence-corrected chi connectivity index (χ1v) is 7.30. The third-order valence-electron chi connectivity index (χ3n) is 3.70. The molecule has 0 amide bonds. The maximum Gasteiger partial charge on any atom is 0.309 e. The highest BCUT2D eigenvalue weighted by Crippen LogP contribution is 2.39. The first kappa shape index (κ1) is 17.5. The van der Waals surface area contributed by atoms with E-state index in [0.717, 1.165) is 25.7 Å². The van der Waals surface area contributed by atoms with Gasteiger partial charge in [0.1, 0.15) is 0 Å². The van der Waals surface area contributed by atoms with Crippen molar-refractivity contribution in [3.8, 4) is 0 Å². The summed E-state index contributed by atoms with van der Waals surface area (Å²) in [5.74, 6) is -0.00965. The molecule has 0 heterocycles. The molecule has 0 aliphatic heterocycles. The highest BCUT2D eigenvalue weighted by atomic mass is 16.5. The lowest BCUT2D eigenvalue weighted by molar-refractivity contribution is -0.154. The summed E-state index contributed by atoms with van der Waals surface area (Å²) >= 11 is 0. The molecule has 0 N–H and O–H groups in total. The Morgan fingerprint density at radius 1 is 1.11 bits per heavy atom. The highest BCUT2D eigenvalue weighted by molar-refractivity contribution is 5.73. The third-order valence-corrected chi connectivity index (χ3v) is 3.70. The molecular weight excluding hydrogens is 224 g/mol. The molecule has 0 aromatic heterocycles. The molecule has 0 bridgehead atoms. The van der Waals surface area contributed by atoms with E-state index in [9.17, 15) is 4.79 Å². The van der Waals surface area contributed by atoms with E-state index in [2.05, 4.69) is 48.5 Å². The van der Waals surface area contributed by atoms with Crippen LogP contribution in [0.25, 0.3) is 0 Å². The van der Waals surface area contributed by atoms with Gasteiger partial charge in [0.2, 0.25) is 0 Å². The molecule has 0 fully saturated rings. The number of carbonyl (C=O) groups excluding carboxylic acids is 1. The van der Waals surface area contributed by atoms with Gasteiger partial charge in [0.15, 0.2) is 0 Å². The van der Waals surface area contributed by atoms with Crippen molar-refractivity contribution in [3.05, 3.63) is 0 Å². The fraction of sp³-hybridized carbons (Fsp3) is 0.938. The Balaban J connectivity index is 4.71. The largest absolute Gasteiger partial charge is 0.465 e. The SMILES string of the molecule is CCCCOC(=O)C(CC(C)(C)C)C(C)(C)CC. The molecular formula is C16H32O2. The Labute approximate surface area is 113 Å². The lowest BCUT2D eigenvalue weighted by Gasteiger charge is -2.35. The first-order chi connectivity index (χ1) is 8.14. The van der Waals surface area contributed by atoms with E-state index in [1.807, 2.05) is 0 Å². The van der Waals surface area contributed by atoms with Crippen molar-refractivity contribution in [3.63, 3.8) is 0 Å². The minimum Gasteiger partial charge on any atom is -0.465 e. The van der Waals surface area contributed by atoms with Crippen molar-refractivity contribution in [2.75, 3.05) is 6.61 Å². The van der Waals surface area contributed by atoms with E-state index in [1.54, 1.807) is 0 Å². The lowest BCUT2D eigenvalue weighted by atomic mass is 9.70. The van der Waals surface area contributed by atoms with Gasteiger partial charge < -0.3 is 4.74 Å². The monoisotopic (exact) mass is 256 g/mol. The van der Waals surface area contributed by atoms with Gasteiger partial charge in [0.25, 0.3) is 0 Å². The van der Waals surface area contributed by atoms with Gasteiger partial charge in [0, 0.05) is 0 Å². The molecule has 0 saturated heterocycles. The van der Waals surface area contributed by atoms with Crippen LogP contribution in [0.4, 0.5) is 0 Å². The molecule has 1 atom stereocenters. The maximum atomic E-state index is 12.3. The molecule has 0 saturated carbocycles. The molecule has 0 radical (unpaired) electrons. The molecule has 108 valence electrons. The molecule has 0 rings (SSSR count). The summed E-state index contributed by atoms with van der Waals surface area (Å²) in [6.07, 6.45) is 3.91. The average molecular weight is 256 g/mol. The fourth-order valence-electron chi connectivity index (χ4n) is 1.96. The van der Waals surface area contributed by atoms with Crippen molar-refractivity contribution >= 4 is 5.97 Å². The summed E-state index contributed by atoms with van der Waals surface area (Å²) in [6, 6.07) is 0. The van der Waals surface area contributed by atoms with E-state index in [-0.39, 0.29) is 22.7 Å². The number of hydrogen-bond acceptors (Lipinski definition) is 2. The molecule has 18 heavy (non-hydrogen) atoms. The van der Waals surface area contributed by atoms with Crippen LogP contribution in [-0.4, -0.2) is 12.6 Å². The van der Waals surface area contributed by atoms with Crippen LogP contribution in [0.2, 0.25) is 0 Å². The van der Waals surface area contributed by atoms with Crippen molar-refractivity contribution in [2.24, 2.45) is 16.7 Å². The Kier molecular flexibility index (Phi) is 6.94. The molecule has 1 unspecified atom stereocenters. The third kappa shape index (κ3) is 6.42. The van der Waals surface area contributed by atoms with Gasteiger partial charge in [0.05, 0.1) is 12.5 Å². The second-order valence-electron chi connectivity index (χ2n) is 7.18. The maximum absolute atomic E-state index is 12.3. The van der Waals surface area contributed by atoms with Crippen LogP contribution in [0.3, 0.4) is 0 Å². The van der Waals surface area contributed by atoms with Crippen LogP contribution < -0.4 is 0 Å². The quantitative estimate of drug-likeness (QED) is 0.482. The topological polar surface area (TPSA) is 26.3 Å². The fourth-order valence-corrected chi connectivity index (χ4v) is 1.96. The van der Waals surface area contributed by atoms with E-state index in [1.165, 1.54) is 0 Å². The molecule has 2 heteroatoms. The zero-order chi connectivity index (χ0) is 14.4. The summed E-state index contributed by atoms with van der Waals surface area (Å²) in [7, 11) is 0. The summed E-state index contributed by atoms with van der Waals surface area (Å²) in [5.41, 5.74) is 0.164. The normalized spacial score (nSPS) is 14.4. The van der Waals surface area contributed by atoms with E-state index in [4.69, 9.17) is 4.74 Å². The average Bonchev–Trinajstić information content (AvgIpc) is 2.24. The Morgan fingerprint density at radius 3 is 2.06 bits per heavy atom. The molecule has 2 nitrogen and oxygen atoms in total.